The van der Waals surface area contributed by atoms with E-state index < -0.39 is 17.7 Å². The van der Waals surface area contributed by atoms with Gasteiger partial charge in [-0.2, -0.15) is 13.2 Å². The Balaban J connectivity index is 1.61. The van der Waals surface area contributed by atoms with Crippen molar-refractivity contribution in [3.63, 3.8) is 0 Å². The fourth-order valence-electron chi connectivity index (χ4n) is 3.38. The summed E-state index contributed by atoms with van der Waals surface area (Å²) in [6.07, 6.45) is -4.28. The van der Waals surface area contributed by atoms with Gasteiger partial charge in [0.05, 0.1) is 18.0 Å². The molecule has 0 atom stereocenters. The van der Waals surface area contributed by atoms with Gasteiger partial charge in [0.25, 0.3) is 0 Å². The Morgan fingerprint density at radius 3 is 2.27 bits per heavy atom. The molecular formula is C22H24F4N2OS. The van der Waals surface area contributed by atoms with Gasteiger partial charge in [-0.1, -0.05) is 29.8 Å². The summed E-state index contributed by atoms with van der Waals surface area (Å²) in [5, 5.41) is 0. The third-order valence-corrected chi connectivity index (χ3v) is 6.31. The van der Waals surface area contributed by atoms with E-state index in [4.69, 9.17) is 0 Å². The number of carbonyl (C=O) groups excluding carboxylic acids is 1. The lowest BCUT2D eigenvalue weighted by molar-refractivity contribution is -0.105. The predicted octanol–water partition coefficient (Wildman–Crippen LogP) is 5.10. The van der Waals surface area contributed by atoms with Crippen molar-refractivity contribution in [1.29, 1.82) is 0 Å². The summed E-state index contributed by atoms with van der Waals surface area (Å²) in [7, 11) is 0. The average Bonchev–Trinajstić information content (AvgIpc) is 2.68. The fraction of sp³-hybridized carbons (Fsp3) is 0.409. The van der Waals surface area contributed by atoms with Crippen molar-refractivity contribution in [3.05, 3.63) is 58.9 Å². The third-order valence-electron chi connectivity index (χ3n) is 5.09. The fourth-order valence-corrected chi connectivity index (χ4v) is 4.18. The summed E-state index contributed by atoms with van der Waals surface area (Å²) < 4.78 is 52.2. The van der Waals surface area contributed by atoms with Gasteiger partial charge in [-0.15, -0.1) is 11.8 Å². The van der Waals surface area contributed by atoms with Crippen LogP contribution in [0.3, 0.4) is 0 Å². The summed E-state index contributed by atoms with van der Waals surface area (Å²) in [6, 6.07) is 10.2. The zero-order valence-electron chi connectivity index (χ0n) is 16.9. The third kappa shape index (κ3) is 5.98. The molecule has 1 fully saturated rings. The largest absolute Gasteiger partial charge is 0.398 e. The van der Waals surface area contributed by atoms with Gasteiger partial charge in [0.2, 0.25) is 0 Å². The van der Waals surface area contributed by atoms with E-state index in [1.165, 1.54) is 12.1 Å². The number of piperazine rings is 1. The van der Waals surface area contributed by atoms with Crippen molar-refractivity contribution in [1.82, 2.24) is 4.90 Å². The van der Waals surface area contributed by atoms with Gasteiger partial charge in [0.1, 0.15) is 5.82 Å². The molecule has 0 aliphatic carbocycles. The number of hydrogen-bond donors (Lipinski definition) is 0. The molecule has 0 unspecified atom stereocenters. The average molecular weight is 441 g/mol. The molecule has 1 aliphatic rings. The molecule has 0 radical (unpaired) electrons. The molecule has 0 saturated carbocycles. The number of anilines is 1. The highest BCUT2D eigenvalue weighted by atomic mass is 32.2. The Morgan fingerprint density at radius 2 is 1.67 bits per heavy atom. The van der Waals surface area contributed by atoms with Crippen LogP contribution in [0, 0.1) is 19.7 Å². The van der Waals surface area contributed by atoms with Gasteiger partial charge in [0, 0.05) is 36.6 Å². The van der Waals surface area contributed by atoms with Crippen LogP contribution < -0.4 is 4.90 Å². The van der Waals surface area contributed by atoms with Gasteiger partial charge in [-0.3, -0.25) is 9.69 Å². The molecule has 0 N–H and O–H groups in total. The SMILES string of the molecule is Cc1ccc(C(=O)CN2CCN(c3cc(SCC(F)(F)F)c(C)cc3F)CC2)cc1. The number of ketones is 1. The molecule has 1 aliphatic heterocycles. The Morgan fingerprint density at radius 1 is 1.03 bits per heavy atom. The minimum Gasteiger partial charge on any atom is -0.367 e. The van der Waals surface area contributed by atoms with Crippen LogP contribution in [0.5, 0.6) is 0 Å². The number of nitrogens with zero attached hydrogens (tertiary/aromatic N) is 2. The summed E-state index contributed by atoms with van der Waals surface area (Å²) in [5.74, 6) is -1.41. The molecule has 3 rings (SSSR count). The van der Waals surface area contributed by atoms with Crippen LogP contribution >= 0.6 is 11.8 Å². The summed E-state index contributed by atoms with van der Waals surface area (Å²) in [5.41, 5.74) is 2.56. The minimum absolute atomic E-state index is 0.0378. The summed E-state index contributed by atoms with van der Waals surface area (Å²) in [6.45, 7) is 6.03. The molecule has 2 aromatic rings. The second kappa shape index (κ2) is 9.39. The number of Topliss-reactive ketones (excluding diaryl/α,β-unsaturated/α-hetero) is 1. The Labute approximate surface area is 178 Å². The monoisotopic (exact) mass is 440 g/mol. The molecule has 1 heterocycles. The molecule has 162 valence electrons. The second-order valence-electron chi connectivity index (χ2n) is 7.53. The zero-order valence-corrected chi connectivity index (χ0v) is 17.7. The normalized spacial score (nSPS) is 15.5. The van der Waals surface area contributed by atoms with Crippen LogP contribution in [0.1, 0.15) is 21.5 Å². The maximum absolute atomic E-state index is 14.5. The number of alkyl halides is 3. The van der Waals surface area contributed by atoms with E-state index >= 15 is 0 Å². The highest BCUT2D eigenvalue weighted by Gasteiger charge is 2.28. The van der Waals surface area contributed by atoms with Gasteiger partial charge in [0.15, 0.2) is 5.78 Å². The maximum atomic E-state index is 14.5. The highest BCUT2D eigenvalue weighted by Crippen LogP contribution is 2.34. The van der Waals surface area contributed by atoms with E-state index in [2.05, 4.69) is 0 Å². The van der Waals surface area contributed by atoms with Gasteiger partial charge >= 0.3 is 6.18 Å². The summed E-state index contributed by atoms with van der Waals surface area (Å²) in [4.78, 5) is 16.7. The number of aryl methyl sites for hydroxylation is 2. The van der Waals surface area contributed by atoms with Crippen molar-refractivity contribution in [2.75, 3.05) is 43.4 Å². The first-order valence-electron chi connectivity index (χ1n) is 9.69. The molecule has 0 spiro atoms. The molecule has 30 heavy (non-hydrogen) atoms. The van der Waals surface area contributed by atoms with Gasteiger partial charge in [-0.05, 0) is 31.5 Å². The first-order valence-corrected chi connectivity index (χ1v) is 10.7. The number of hydrogen-bond acceptors (Lipinski definition) is 4. The van der Waals surface area contributed by atoms with Crippen molar-refractivity contribution < 1.29 is 22.4 Å². The lowest BCUT2D eigenvalue weighted by Gasteiger charge is -2.36. The van der Waals surface area contributed by atoms with E-state index in [9.17, 15) is 22.4 Å². The Hall–Kier alpha value is -2.06. The number of carbonyl (C=O) groups is 1. The lowest BCUT2D eigenvalue weighted by Crippen LogP contribution is -2.48. The molecule has 8 heteroatoms. The second-order valence-corrected chi connectivity index (χ2v) is 8.54. The quantitative estimate of drug-likeness (QED) is 0.354. The van der Waals surface area contributed by atoms with Crippen molar-refractivity contribution in [3.8, 4) is 0 Å². The predicted molar refractivity (Wildman–Crippen MR) is 112 cm³/mol. The lowest BCUT2D eigenvalue weighted by atomic mass is 10.1. The van der Waals surface area contributed by atoms with E-state index in [0.29, 0.717) is 66.2 Å². The van der Waals surface area contributed by atoms with Gasteiger partial charge in [-0.25, -0.2) is 4.39 Å². The number of benzene rings is 2. The summed E-state index contributed by atoms with van der Waals surface area (Å²) >= 11 is 0.675. The van der Waals surface area contributed by atoms with E-state index in [0.717, 1.165) is 5.56 Å². The standard InChI is InChI=1S/C22H24F4N2OS/c1-15-3-5-17(6-4-15)20(29)13-27-7-9-28(10-8-27)19-12-21(16(2)11-18(19)23)30-14-22(24,25)26/h3-6,11-12H,7-10,13-14H2,1-2H3. The van der Waals surface area contributed by atoms with Crippen molar-refractivity contribution in [2.24, 2.45) is 0 Å². The van der Waals surface area contributed by atoms with Crippen LogP contribution in [0.2, 0.25) is 0 Å². The minimum atomic E-state index is -4.28. The molecule has 1 saturated heterocycles. The van der Waals surface area contributed by atoms with E-state index in [1.807, 2.05) is 41.0 Å². The molecule has 2 aromatic carbocycles. The van der Waals surface area contributed by atoms with Crippen LogP contribution in [-0.4, -0.2) is 55.3 Å². The molecule has 0 aromatic heterocycles. The molecule has 0 bridgehead atoms. The Kier molecular flexibility index (Phi) is 7.08. The van der Waals surface area contributed by atoms with Crippen LogP contribution in [0.25, 0.3) is 0 Å². The topological polar surface area (TPSA) is 23.6 Å². The van der Waals surface area contributed by atoms with E-state index in [-0.39, 0.29) is 5.78 Å². The first kappa shape index (κ1) is 22.6. The number of halogens is 4. The van der Waals surface area contributed by atoms with Crippen LogP contribution in [-0.2, 0) is 0 Å². The molecule has 3 nitrogen and oxygen atoms in total. The van der Waals surface area contributed by atoms with E-state index in [1.54, 1.807) is 6.92 Å². The molecule has 0 amide bonds. The smallest absolute Gasteiger partial charge is 0.367 e. The number of thioether (sulfide) groups is 1. The molecular weight excluding hydrogens is 416 g/mol. The Bertz CT molecular complexity index is 891. The number of rotatable bonds is 6. The van der Waals surface area contributed by atoms with Crippen LogP contribution in [0.15, 0.2) is 41.3 Å². The first-order chi connectivity index (χ1) is 14.1. The van der Waals surface area contributed by atoms with Crippen molar-refractivity contribution in [2.45, 2.75) is 24.9 Å². The van der Waals surface area contributed by atoms with Crippen molar-refractivity contribution >= 4 is 23.2 Å². The van der Waals surface area contributed by atoms with Gasteiger partial charge < -0.3 is 4.90 Å². The maximum Gasteiger partial charge on any atom is 0.398 e. The zero-order chi connectivity index (χ0) is 21.9. The highest BCUT2D eigenvalue weighted by molar-refractivity contribution is 7.99. The van der Waals surface area contributed by atoms with Crippen LogP contribution in [0.4, 0.5) is 23.2 Å².